The molecule has 0 aliphatic carbocycles. The lowest BCUT2D eigenvalue weighted by molar-refractivity contribution is 0.0562. The van der Waals surface area contributed by atoms with Crippen LogP contribution in [0.15, 0.2) is 16.5 Å². The van der Waals surface area contributed by atoms with E-state index in [-0.39, 0.29) is 17.8 Å². The van der Waals surface area contributed by atoms with Crippen LogP contribution >= 0.6 is 0 Å². The number of methoxy groups -OCH3 is 1. The Balaban J connectivity index is 2.43. The Kier molecular flexibility index (Phi) is 4.72. The first kappa shape index (κ1) is 13.7. The van der Waals surface area contributed by atoms with E-state index in [1.807, 2.05) is 13.8 Å². The van der Waals surface area contributed by atoms with Gasteiger partial charge in [0.05, 0.1) is 13.7 Å². The first-order valence-corrected chi connectivity index (χ1v) is 5.47. The maximum Gasteiger partial charge on any atom is 0.373 e. The Morgan fingerprint density at radius 1 is 1.53 bits per heavy atom. The molecule has 0 amide bonds. The summed E-state index contributed by atoms with van der Waals surface area (Å²) in [6.07, 6.45) is 0. The molecule has 1 rings (SSSR count). The number of rotatable bonds is 6. The summed E-state index contributed by atoms with van der Waals surface area (Å²) < 4.78 is 9.82. The molecule has 0 unspecified atom stereocenters. The van der Waals surface area contributed by atoms with Crippen LogP contribution in [0.5, 0.6) is 0 Å². The maximum absolute atomic E-state index is 11.1. The van der Waals surface area contributed by atoms with Gasteiger partial charge < -0.3 is 19.6 Å². The number of hydrogen-bond acceptors (Lipinski definition) is 5. The van der Waals surface area contributed by atoms with Crippen LogP contribution in [-0.4, -0.2) is 31.3 Å². The van der Waals surface area contributed by atoms with Gasteiger partial charge in [0.25, 0.3) is 0 Å². The Bertz CT molecular complexity index is 370. The lowest BCUT2D eigenvalue weighted by atomic mass is 9.95. The highest BCUT2D eigenvalue weighted by atomic mass is 16.5. The largest absolute Gasteiger partial charge is 0.463 e. The lowest BCUT2D eigenvalue weighted by Crippen LogP contribution is -2.31. The van der Waals surface area contributed by atoms with Crippen LogP contribution in [-0.2, 0) is 11.3 Å². The summed E-state index contributed by atoms with van der Waals surface area (Å²) in [7, 11) is 1.31. The molecular weight excluding hydrogens is 222 g/mol. The van der Waals surface area contributed by atoms with Crippen molar-refractivity contribution in [3.05, 3.63) is 23.7 Å². The van der Waals surface area contributed by atoms with Gasteiger partial charge in [-0.05, 0) is 12.1 Å². The third kappa shape index (κ3) is 4.20. The van der Waals surface area contributed by atoms with Crippen molar-refractivity contribution in [1.29, 1.82) is 0 Å². The smallest absolute Gasteiger partial charge is 0.373 e. The van der Waals surface area contributed by atoms with Crippen molar-refractivity contribution >= 4 is 5.97 Å². The van der Waals surface area contributed by atoms with Gasteiger partial charge >= 0.3 is 5.97 Å². The van der Waals surface area contributed by atoms with Gasteiger partial charge in [-0.2, -0.15) is 0 Å². The normalized spacial score (nSPS) is 11.5. The number of esters is 1. The molecule has 0 aromatic carbocycles. The summed E-state index contributed by atoms with van der Waals surface area (Å²) in [5.74, 6) is 0.386. The Hall–Kier alpha value is -1.33. The molecule has 5 nitrogen and oxygen atoms in total. The molecule has 1 aromatic heterocycles. The summed E-state index contributed by atoms with van der Waals surface area (Å²) in [6.45, 7) is 5.22. The van der Waals surface area contributed by atoms with Gasteiger partial charge in [0.2, 0.25) is 5.76 Å². The number of hydrogen-bond donors (Lipinski definition) is 2. The Labute approximate surface area is 101 Å². The van der Waals surface area contributed by atoms with Crippen LogP contribution in [0.4, 0.5) is 0 Å². The molecular formula is C12H19NO4. The van der Waals surface area contributed by atoms with E-state index in [2.05, 4.69) is 10.1 Å². The van der Waals surface area contributed by atoms with E-state index < -0.39 is 5.97 Å². The van der Waals surface area contributed by atoms with Crippen LogP contribution in [0.3, 0.4) is 0 Å². The van der Waals surface area contributed by atoms with Crippen molar-refractivity contribution in [3.63, 3.8) is 0 Å². The van der Waals surface area contributed by atoms with Crippen molar-refractivity contribution in [3.8, 4) is 0 Å². The standard InChI is InChI=1S/C12H19NO4/c1-12(2,8-14)7-13-6-9-4-5-10(17-9)11(15)16-3/h4-5,13-14H,6-8H2,1-3H3. The molecule has 0 spiro atoms. The lowest BCUT2D eigenvalue weighted by Gasteiger charge is -2.21. The minimum absolute atomic E-state index is 0.117. The Morgan fingerprint density at radius 3 is 2.82 bits per heavy atom. The molecule has 0 aliphatic heterocycles. The molecule has 0 radical (unpaired) electrons. The fourth-order valence-corrected chi connectivity index (χ4v) is 1.26. The molecule has 1 heterocycles. The number of aliphatic hydroxyl groups excluding tert-OH is 1. The minimum atomic E-state index is -0.480. The van der Waals surface area contributed by atoms with Gasteiger partial charge in [0.1, 0.15) is 5.76 Å². The molecule has 5 heteroatoms. The number of nitrogens with one attached hydrogen (secondary N) is 1. The minimum Gasteiger partial charge on any atom is -0.463 e. The van der Waals surface area contributed by atoms with Gasteiger partial charge in [0.15, 0.2) is 0 Å². The van der Waals surface area contributed by atoms with E-state index in [0.29, 0.717) is 18.8 Å². The topological polar surface area (TPSA) is 71.7 Å². The molecule has 0 saturated carbocycles. The average Bonchev–Trinajstić information content (AvgIpc) is 2.76. The van der Waals surface area contributed by atoms with E-state index in [1.54, 1.807) is 12.1 Å². The average molecular weight is 241 g/mol. The second-order valence-electron chi connectivity index (χ2n) is 4.68. The summed E-state index contributed by atoms with van der Waals surface area (Å²) in [4.78, 5) is 11.1. The number of aliphatic hydroxyl groups is 1. The zero-order valence-corrected chi connectivity index (χ0v) is 10.4. The van der Waals surface area contributed by atoms with Gasteiger partial charge in [-0.3, -0.25) is 0 Å². The molecule has 0 fully saturated rings. The molecule has 17 heavy (non-hydrogen) atoms. The van der Waals surface area contributed by atoms with Gasteiger partial charge in [-0.15, -0.1) is 0 Å². The van der Waals surface area contributed by atoms with Gasteiger partial charge in [-0.1, -0.05) is 13.8 Å². The van der Waals surface area contributed by atoms with E-state index in [0.717, 1.165) is 0 Å². The number of carbonyl (C=O) groups is 1. The third-order valence-electron chi connectivity index (χ3n) is 2.38. The van der Waals surface area contributed by atoms with Crippen molar-refractivity contribution < 1.29 is 19.1 Å². The number of furan rings is 1. The predicted octanol–water partition coefficient (Wildman–Crippen LogP) is 1.17. The second-order valence-corrected chi connectivity index (χ2v) is 4.68. The second kappa shape index (κ2) is 5.84. The molecule has 0 saturated heterocycles. The first-order chi connectivity index (χ1) is 7.98. The van der Waals surface area contributed by atoms with Crippen molar-refractivity contribution in [2.75, 3.05) is 20.3 Å². The summed E-state index contributed by atoms with van der Waals surface area (Å²) in [5.41, 5.74) is -0.169. The predicted molar refractivity (Wildman–Crippen MR) is 62.6 cm³/mol. The van der Waals surface area contributed by atoms with Gasteiger partial charge in [-0.25, -0.2) is 4.79 Å². The zero-order chi connectivity index (χ0) is 12.9. The molecule has 2 N–H and O–H groups in total. The molecule has 0 bridgehead atoms. The highest BCUT2D eigenvalue weighted by Gasteiger charge is 2.16. The SMILES string of the molecule is COC(=O)c1ccc(CNCC(C)(C)CO)o1. The third-order valence-corrected chi connectivity index (χ3v) is 2.38. The number of carbonyl (C=O) groups excluding carboxylic acids is 1. The highest BCUT2D eigenvalue weighted by molar-refractivity contribution is 5.86. The molecule has 0 aliphatic rings. The van der Waals surface area contributed by atoms with Crippen molar-refractivity contribution in [2.24, 2.45) is 5.41 Å². The van der Waals surface area contributed by atoms with E-state index in [1.165, 1.54) is 7.11 Å². The molecule has 1 aromatic rings. The fraction of sp³-hybridized carbons (Fsp3) is 0.583. The zero-order valence-electron chi connectivity index (χ0n) is 10.4. The van der Waals surface area contributed by atoms with Crippen LogP contribution in [0, 0.1) is 5.41 Å². The van der Waals surface area contributed by atoms with Crippen molar-refractivity contribution in [1.82, 2.24) is 5.32 Å². The molecule has 96 valence electrons. The van der Waals surface area contributed by atoms with E-state index >= 15 is 0 Å². The van der Waals surface area contributed by atoms with E-state index in [9.17, 15) is 4.79 Å². The van der Waals surface area contributed by atoms with Crippen molar-refractivity contribution in [2.45, 2.75) is 20.4 Å². The van der Waals surface area contributed by atoms with E-state index in [4.69, 9.17) is 9.52 Å². The quantitative estimate of drug-likeness (QED) is 0.732. The maximum atomic E-state index is 11.1. The van der Waals surface area contributed by atoms with Gasteiger partial charge in [0, 0.05) is 18.6 Å². The molecule has 0 atom stereocenters. The highest BCUT2D eigenvalue weighted by Crippen LogP contribution is 2.13. The van der Waals surface area contributed by atoms with Crippen LogP contribution in [0.2, 0.25) is 0 Å². The summed E-state index contributed by atoms with van der Waals surface area (Å²) in [6, 6.07) is 3.31. The Morgan fingerprint density at radius 2 is 2.24 bits per heavy atom. The van der Waals surface area contributed by atoms with Crippen LogP contribution < -0.4 is 5.32 Å². The fourth-order valence-electron chi connectivity index (χ4n) is 1.26. The summed E-state index contributed by atoms with van der Waals surface area (Å²) in [5, 5.41) is 12.2. The first-order valence-electron chi connectivity index (χ1n) is 5.47. The van der Waals surface area contributed by atoms with Crippen LogP contribution in [0.25, 0.3) is 0 Å². The van der Waals surface area contributed by atoms with Crippen LogP contribution in [0.1, 0.15) is 30.2 Å². The monoisotopic (exact) mass is 241 g/mol. The summed E-state index contributed by atoms with van der Waals surface area (Å²) >= 11 is 0. The number of ether oxygens (including phenoxy) is 1.